The van der Waals surface area contributed by atoms with Gasteiger partial charge in [0.05, 0.1) is 17.3 Å². The number of urea groups is 1. The molecular weight excluding hydrogens is 399 g/mol. The maximum atomic E-state index is 13.3. The van der Waals surface area contributed by atoms with Crippen molar-refractivity contribution in [3.05, 3.63) is 46.0 Å². The third-order valence-corrected chi connectivity index (χ3v) is 5.69. The van der Waals surface area contributed by atoms with Crippen LogP contribution < -0.4 is 11.1 Å². The Morgan fingerprint density at radius 1 is 1.41 bits per heavy atom. The summed E-state index contributed by atoms with van der Waals surface area (Å²) in [6.45, 7) is 2.36. The number of hydrogen-bond donors (Lipinski definition) is 2. The van der Waals surface area contributed by atoms with E-state index in [-0.39, 0.29) is 29.4 Å². The Hall–Kier alpha value is -2.65. The quantitative estimate of drug-likeness (QED) is 0.775. The van der Waals surface area contributed by atoms with Gasteiger partial charge in [0.1, 0.15) is 11.5 Å². The molecule has 3 N–H and O–H groups in total. The van der Waals surface area contributed by atoms with Gasteiger partial charge < -0.3 is 20.9 Å². The molecule has 2 aliphatic heterocycles. The lowest BCUT2D eigenvalue weighted by atomic mass is 10.0. The van der Waals surface area contributed by atoms with Gasteiger partial charge in [0.2, 0.25) is 0 Å². The van der Waals surface area contributed by atoms with Crippen LogP contribution in [0.5, 0.6) is 0 Å². The highest BCUT2D eigenvalue weighted by Crippen LogP contribution is 2.27. The lowest BCUT2D eigenvalue weighted by molar-refractivity contribution is 0.0780. The van der Waals surface area contributed by atoms with Crippen molar-refractivity contribution in [1.82, 2.24) is 19.6 Å². The zero-order chi connectivity index (χ0) is 20.7. The van der Waals surface area contributed by atoms with Gasteiger partial charge in [-0.3, -0.25) is 9.48 Å². The topological polar surface area (TPSA) is 96.5 Å². The molecule has 0 bridgehead atoms. The lowest BCUT2D eigenvalue weighted by Gasteiger charge is -2.27. The summed E-state index contributed by atoms with van der Waals surface area (Å²) in [6.07, 6.45) is 0.553. The average Bonchev–Trinajstić information content (AvgIpc) is 3.00. The van der Waals surface area contributed by atoms with Gasteiger partial charge in [-0.1, -0.05) is 11.6 Å². The number of amides is 3. The van der Waals surface area contributed by atoms with E-state index >= 15 is 0 Å². The maximum absolute atomic E-state index is 13.3. The van der Waals surface area contributed by atoms with Crippen LogP contribution >= 0.6 is 11.6 Å². The zero-order valence-corrected chi connectivity index (χ0v) is 16.7. The number of anilines is 1. The predicted octanol–water partition coefficient (Wildman–Crippen LogP) is 1.93. The molecule has 29 heavy (non-hydrogen) atoms. The van der Waals surface area contributed by atoms with Crippen molar-refractivity contribution in [2.75, 3.05) is 32.0 Å². The Balaban J connectivity index is 1.57. The number of halogens is 2. The standard InChI is InChI=1S/C19H22ClFN6O2/c1-25-8-11(7-22)9-27-17(18(25)28)13-10-26(5-4-16(13)24-27)19(29)23-12-2-3-15(21)14(20)6-12/h2-3,6,11H,4-5,7-10,22H2,1H3,(H,23,29). The SMILES string of the molecule is CN1CC(CN)Cn2nc3c(c2C1=O)CN(C(=O)Nc1ccc(F)c(Cl)c1)CC3. The second-order valence-corrected chi connectivity index (χ2v) is 7.88. The lowest BCUT2D eigenvalue weighted by Crippen LogP contribution is -2.39. The number of hydrogen-bond acceptors (Lipinski definition) is 4. The second-order valence-electron chi connectivity index (χ2n) is 7.47. The fourth-order valence-corrected chi connectivity index (χ4v) is 4.03. The van der Waals surface area contributed by atoms with Gasteiger partial charge in [-0.25, -0.2) is 9.18 Å². The van der Waals surface area contributed by atoms with Crippen LogP contribution in [0.2, 0.25) is 5.02 Å². The fourth-order valence-electron chi connectivity index (χ4n) is 3.85. The zero-order valence-electron chi connectivity index (χ0n) is 16.0. The molecule has 0 radical (unpaired) electrons. The summed E-state index contributed by atoms with van der Waals surface area (Å²) in [5.74, 6) is -0.523. The number of nitrogens with two attached hydrogens (primary N) is 1. The molecule has 0 saturated carbocycles. The van der Waals surface area contributed by atoms with Crippen LogP contribution in [0.3, 0.4) is 0 Å². The van der Waals surface area contributed by atoms with E-state index in [9.17, 15) is 14.0 Å². The van der Waals surface area contributed by atoms with Crippen molar-refractivity contribution in [2.24, 2.45) is 11.7 Å². The third kappa shape index (κ3) is 3.67. The molecule has 3 amide bonds. The summed E-state index contributed by atoms with van der Waals surface area (Å²) in [7, 11) is 1.76. The van der Waals surface area contributed by atoms with E-state index in [1.54, 1.807) is 21.5 Å². The highest BCUT2D eigenvalue weighted by molar-refractivity contribution is 6.31. The molecule has 10 heteroatoms. The molecule has 0 aliphatic carbocycles. The Labute approximate surface area is 172 Å². The van der Waals surface area contributed by atoms with Gasteiger partial charge in [-0.05, 0) is 24.7 Å². The van der Waals surface area contributed by atoms with Crippen LogP contribution in [-0.4, -0.2) is 58.2 Å². The summed E-state index contributed by atoms with van der Waals surface area (Å²) in [5.41, 5.74) is 8.39. The van der Waals surface area contributed by atoms with Crippen molar-refractivity contribution in [3.63, 3.8) is 0 Å². The van der Waals surface area contributed by atoms with E-state index in [1.165, 1.54) is 18.2 Å². The first kappa shape index (κ1) is 19.7. The molecule has 2 aromatic rings. The minimum Gasteiger partial charge on any atom is -0.340 e. The summed E-state index contributed by atoms with van der Waals surface area (Å²) in [5, 5.41) is 7.30. The maximum Gasteiger partial charge on any atom is 0.322 e. The van der Waals surface area contributed by atoms with Crippen molar-refractivity contribution in [1.29, 1.82) is 0 Å². The largest absolute Gasteiger partial charge is 0.340 e. The van der Waals surface area contributed by atoms with Crippen LogP contribution in [-0.2, 0) is 19.5 Å². The van der Waals surface area contributed by atoms with Crippen molar-refractivity contribution >= 4 is 29.2 Å². The van der Waals surface area contributed by atoms with Crippen molar-refractivity contribution < 1.29 is 14.0 Å². The highest BCUT2D eigenvalue weighted by Gasteiger charge is 2.34. The van der Waals surface area contributed by atoms with Crippen LogP contribution in [0, 0.1) is 11.7 Å². The average molecular weight is 421 g/mol. The van der Waals surface area contributed by atoms with E-state index in [0.717, 1.165) is 11.3 Å². The molecule has 2 aliphatic rings. The van der Waals surface area contributed by atoms with Crippen molar-refractivity contribution in [3.8, 4) is 0 Å². The normalized spacial score (nSPS) is 18.9. The molecule has 1 atom stereocenters. The molecule has 0 spiro atoms. The van der Waals surface area contributed by atoms with E-state index in [1.807, 2.05) is 0 Å². The fraction of sp³-hybridized carbons (Fsp3) is 0.421. The van der Waals surface area contributed by atoms with E-state index < -0.39 is 5.82 Å². The summed E-state index contributed by atoms with van der Waals surface area (Å²) in [6, 6.07) is 3.67. The number of fused-ring (bicyclic) bond motifs is 3. The Kier molecular flexibility index (Phi) is 5.18. The molecule has 4 rings (SSSR count). The number of carbonyl (C=O) groups excluding carboxylic acids is 2. The molecule has 154 valence electrons. The summed E-state index contributed by atoms with van der Waals surface area (Å²) in [4.78, 5) is 28.9. The summed E-state index contributed by atoms with van der Waals surface area (Å²) >= 11 is 5.78. The number of nitrogens with zero attached hydrogens (tertiary/aromatic N) is 4. The predicted molar refractivity (Wildman–Crippen MR) is 106 cm³/mol. The number of carbonyl (C=O) groups is 2. The smallest absolute Gasteiger partial charge is 0.322 e. The molecule has 1 unspecified atom stereocenters. The Bertz CT molecular complexity index is 978. The van der Waals surface area contributed by atoms with Gasteiger partial charge in [-0.2, -0.15) is 5.10 Å². The van der Waals surface area contributed by atoms with Gasteiger partial charge in [0.25, 0.3) is 5.91 Å². The molecule has 1 aromatic heterocycles. The number of rotatable bonds is 2. The first-order valence-electron chi connectivity index (χ1n) is 9.42. The van der Waals surface area contributed by atoms with Gasteiger partial charge in [-0.15, -0.1) is 0 Å². The van der Waals surface area contributed by atoms with E-state index in [0.29, 0.717) is 44.0 Å². The third-order valence-electron chi connectivity index (χ3n) is 5.41. The van der Waals surface area contributed by atoms with Gasteiger partial charge >= 0.3 is 6.03 Å². The number of aromatic nitrogens is 2. The van der Waals surface area contributed by atoms with Gasteiger partial charge in [0, 0.05) is 50.3 Å². The number of nitrogens with one attached hydrogen (secondary N) is 1. The molecule has 3 heterocycles. The molecular formula is C19H22ClFN6O2. The minimum atomic E-state index is -0.548. The van der Waals surface area contributed by atoms with Gasteiger partial charge in [0.15, 0.2) is 0 Å². The van der Waals surface area contributed by atoms with E-state index in [4.69, 9.17) is 17.3 Å². The van der Waals surface area contributed by atoms with Crippen LogP contribution in [0.1, 0.15) is 21.7 Å². The first-order valence-corrected chi connectivity index (χ1v) is 9.80. The first-order chi connectivity index (χ1) is 13.9. The van der Waals surface area contributed by atoms with Crippen LogP contribution in [0.4, 0.5) is 14.9 Å². The number of benzene rings is 1. The van der Waals surface area contributed by atoms with E-state index in [2.05, 4.69) is 10.4 Å². The molecule has 0 fully saturated rings. The monoisotopic (exact) mass is 420 g/mol. The Morgan fingerprint density at radius 2 is 2.21 bits per heavy atom. The summed E-state index contributed by atoms with van der Waals surface area (Å²) < 4.78 is 15.1. The van der Waals surface area contributed by atoms with Crippen LogP contribution in [0.15, 0.2) is 18.2 Å². The Morgan fingerprint density at radius 3 is 2.93 bits per heavy atom. The molecule has 0 saturated heterocycles. The molecule has 1 aromatic carbocycles. The van der Waals surface area contributed by atoms with Crippen molar-refractivity contribution in [2.45, 2.75) is 19.5 Å². The van der Waals surface area contributed by atoms with Crippen LogP contribution in [0.25, 0.3) is 0 Å². The molecule has 8 nitrogen and oxygen atoms in total. The second kappa shape index (κ2) is 7.64. The minimum absolute atomic E-state index is 0.0613. The highest BCUT2D eigenvalue weighted by atomic mass is 35.5.